The van der Waals surface area contributed by atoms with Gasteiger partial charge >= 0.3 is 0 Å². The summed E-state index contributed by atoms with van der Waals surface area (Å²) >= 11 is 0. The van der Waals surface area contributed by atoms with Crippen LogP contribution in [-0.2, 0) is 6.54 Å². The molecule has 1 unspecified atom stereocenters. The molecule has 0 spiro atoms. The Morgan fingerprint density at radius 1 is 1.19 bits per heavy atom. The Kier molecular flexibility index (Phi) is 5.26. The van der Waals surface area contributed by atoms with Gasteiger partial charge in [0.15, 0.2) is 0 Å². The summed E-state index contributed by atoms with van der Waals surface area (Å²) in [5.74, 6) is 0.463. The van der Waals surface area contributed by atoms with E-state index in [0.29, 0.717) is 24.1 Å². The first kappa shape index (κ1) is 15.0. The Morgan fingerprint density at radius 3 is 2.57 bits per heavy atom. The molecule has 1 atom stereocenters. The van der Waals surface area contributed by atoms with E-state index in [0.717, 1.165) is 12.0 Å². The van der Waals surface area contributed by atoms with Crippen LogP contribution in [0.4, 0.5) is 5.82 Å². The van der Waals surface area contributed by atoms with E-state index in [4.69, 9.17) is 0 Å². The lowest BCUT2D eigenvalue weighted by atomic mass is 10.2. The van der Waals surface area contributed by atoms with Crippen molar-refractivity contribution in [1.82, 2.24) is 15.3 Å². The molecule has 5 heteroatoms. The van der Waals surface area contributed by atoms with Gasteiger partial charge in [0.25, 0.3) is 5.91 Å². The van der Waals surface area contributed by atoms with E-state index in [1.165, 1.54) is 6.20 Å². The number of hydrogen-bond acceptors (Lipinski definition) is 4. The van der Waals surface area contributed by atoms with Gasteiger partial charge in [0.2, 0.25) is 0 Å². The van der Waals surface area contributed by atoms with Crippen molar-refractivity contribution in [1.29, 1.82) is 0 Å². The molecule has 1 aromatic carbocycles. The number of nitrogens with one attached hydrogen (secondary N) is 2. The molecule has 0 bridgehead atoms. The zero-order chi connectivity index (χ0) is 15.1. The smallest absolute Gasteiger partial charge is 0.271 e. The second kappa shape index (κ2) is 7.38. The second-order valence-electron chi connectivity index (χ2n) is 4.91. The van der Waals surface area contributed by atoms with Gasteiger partial charge in [0, 0.05) is 12.6 Å². The highest BCUT2D eigenvalue weighted by molar-refractivity contribution is 5.91. The molecule has 2 rings (SSSR count). The third kappa shape index (κ3) is 4.56. The first-order valence-corrected chi connectivity index (χ1v) is 7.09. The van der Waals surface area contributed by atoms with Crippen LogP contribution in [0.15, 0.2) is 42.7 Å². The fourth-order valence-corrected chi connectivity index (χ4v) is 1.74. The molecule has 0 fully saturated rings. The summed E-state index contributed by atoms with van der Waals surface area (Å²) in [7, 11) is 0. The normalized spacial score (nSPS) is 11.7. The Morgan fingerprint density at radius 2 is 1.95 bits per heavy atom. The zero-order valence-corrected chi connectivity index (χ0v) is 12.3. The van der Waals surface area contributed by atoms with Gasteiger partial charge in [0.05, 0.1) is 12.4 Å². The van der Waals surface area contributed by atoms with E-state index in [-0.39, 0.29) is 5.91 Å². The van der Waals surface area contributed by atoms with Crippen LogP contribution in [0.2, 0.25) is 0 Å². The molecule has 2 N–H and O–H groups in total. The van der Waals surface area contributed by atoms with Crippen molar-refractivity contribution in [2.75, 3.05) is 5.32 Å². The van der Waals surface area contributed by atoms with Crippen LogP contribution in [0.1, 0.15) is 36.3 Å². The SMILES string of the molecule is CCC(C)Nc1cnc(C(=O)NCc2ccccc2)cn1. The van der Waals surface area contributed by atoms with Crippen molar-refractivity contribution < 1.29 is 4.79 Å². The molecule has 1 heterocycles. The van der Waals surface area contributed by atoms with Gasteiger partial charge in [-0.15, -0.1) is 0 Å². The minimum absolute atomic E-state index is 0.221. The molecule has 110 valence electrons. The quantitative estimate of drug-likeness (QED) is 0.855. The number of amides is 1. The largest absolute Gasteiger partial charge is 0.366 e. The van der Waals surface area contributed by atoms with E-state index in [9.17, 15) is 4.79 Å². The fraction of sp³-hybridized carbons (Fsp3) is 0.312. The monoisotopic (exact) mass is 284 g/mol. The number of nitrogens with zero attached hydrogens (tertiary/aromatic N) is 2. The lowest BCUT2D eigenvalue weighted by molar-refractivity contribution is 0.0945. The van der Waals surface area contributed by atoms with Crippen molar-refractivity contribution >= 4 is 11.7 Å². The molecule has 0 radical (unpaired) electrons. The number of hydrogen-bond donors (Lipinski definition) is 2. The topological polar surface area (TPSA) is 66.9 Å². The number of carbonyl (C=O) groups is 1. The Balaban J connectivity index is 1.90. The highest BCUT2D eigenvalue weighted by Crippen LogP contribution is 2.05. The maximum Gasteiger partial charge on any atom is 0.271 e. The standard InChI is InChI=1S/C16H20N4O/c1-3-12(2)20-15-11-17-14(10-18-15)16(21)19-9-13-7-5-4-6-8-13/h4-8,10-12H,3,9H2,1-2H3,(H,18,20)(H,19,21). The van der Waals surface area contributed by atoms with E-state index >= 15 is 0 Å². The Labute approximate surface area is 124 Å². The van der Waals surface area contributed by atoms with Crippen molar-refractivity contribution in [3.05, 3.63) is 54.0 Å². The summed E-state index contributed by atoms with van der Waals surface area (Å²) in [5, 5.41) is 6.04. The molecule has 21 heavy (non-hydrogen) atoms. The van der Waals surface area contributed by atoms with Gasteiger partial charge in [-0.3, -0.25) is 4.79 Å². The van der Waals surface area contributed by atoms with E-state index in [1.807, 2.05) is 30.3 Å². The molecule has 0 saturated heterocycles. The molecular weight excluding hydrogens is 264 g/mol. The molecule has 1 aromatic heterocycles. The summed E-state index contributed by atoms with van der Waals surface area (Å²) in [6, 6.07) is 10.1. The lowest BCUT2D eigenvalue weighted by Gasteiger charge is -2.11. The summed E-state index contributed by atoms with van der Waals surface area (Å²) in [6.45, 7) is 4.65. The number of aromatic nitrogens is 2. The van der Waals surface area contributed by atoms with Crippen molar-refractivity contribution in [2.45, 2.75) is 32.9 Å². The highest BCUT2D eigenvalue weighted by Gasteiger charge is 2.08. The fourth-order valence-electron chi connectivity index (χ4n) is 1.74. The Bertz CT molecular complexity index is 569. The summed E-state index contributed by atoms with van der Waals surface area (Å²) < 4.78 is 0. The maximum atomic E-state index is 12.0. The minimum Gasteiger partial charge on any atom is -0.366 e. The van der Waals surface area contributed by atoms with Crippen LogP contribution in [0.25, 0.3) is 0 Å². The van der Waals surface area contributed by atoms with Gasteiger partial charge < -0.3 is 10.6 Å². The Hall–Kier alpha value is -2.43. The van der Waals surface area contributed by atoms with Crippen LogP contribution < -0.4 is 10.6 Å². The third-order valence-electron chi connectivity index (χ3n) is 3.19. The average Bonchev–Trinajstić information content (AvgIpc) is 2.54. The van der Waals surface area contributed by atoms with Gasteiger partial charge in [-0.2, -0.15) is 0 Å². The molecule has 0 aliphatic carbocycles. The van der Waals surface area contributed by atoms with Crippen LogP contribution in [0.5, 0.6) is 0 Å². The minimum atomic E-state index is -0.221. The van der Waals surface area contributed by atoms with Gasteiger partial charge in [-0.25, -0.2) is 9.97 Å². The summed E-state index contributed by atoms with van der Waals surface area (Å²) in [6.07, 6.45) is 4.08. The first-order valence-electron chi connectivity index (χ1n) is 7.09. The average molecular weight is 284 g/mol. The number of anilines is 1. The molecule has 0 saturated carbocycles. The van der Waals surface area contributed by atoms with E-state index in [1.54, 1.807) is 6.20 Å². The number of benzene rings is 1. The number of rotatable bonds is 6. The van der Waals surface area contributed by atoms with Crippen molar-refractivity contribution in [2.24, 2.45) is 0 Å². The molecular formula is C16H20N4O. The zero-order valence-electron chi connectivity index (χ0n) is 12.3. The molecule has 0 aliphatic rings. The highest BCUT2D eigenvalue weighted by atomic mass is 16.1. The van der Waals surface area contributed by atoms with E-state index in [2.05, 4.69) is 34.4 Å². The van der Waals surface area contributed by atoms with Crippen LogP contribution in [0.3, 0.4) is 0 Å². The number of carbonyl (C=O) groups excluding carboxylic acids is 1. The third-order valence-corrected chi connectivity index (χ3v) is 3.19. The molecule has 1 amide bonds. The van der Waals surface area contributed by atoms with Gasteiger partial charge in [-0.1, -0.05) is 37.3 Å². The maximum absolute atomic E-state index is 12.0. The first-order chi connectivity index (χ1) is 10.2. The van der Waals surface area contributed by atoms with Crippen LogP contribution in [0, 0.1) is 0 Å². The van der Waals surface area contributed by atoms with Gasteiger partial charge in [0.1, 0.15) is 11.5 Å². The van der Waals surface area contributed by atoms with Crippen LogP contribution in [-0.4, -0.2) is 21.9 Å². The predicted molar refractivity (Wildman–Crippen MR) is 83.0 cm³/mol. The molecule has 5 nitrogen and oxygen atoms in total. The molecule has 0 aliphatic heterocycles. The van der Waals surface area contributed by atoms with E-state index < -0.39 is 0 Å². The second-order valence-corrected chi connectivity index (χ2v) is 4.91. The van der Waals surface area contributed by atoms with Crippen molar-refractivity contribution in [3.63, 3.8) is 0 Å². The molecule has 2 aromatic rings. The lowest BCUT2D eigenvalue weighted by Crippen LogP contribution is -2.24. The van der Waals surface area contributed by atoms with Gasteiger partial charge in [-0.05, 0) is 18.9 Å². The summed E-state index contributed by atoms with van der Waals surface area (Å²) in [5.41, 5.74) is 1.37. The summed E-state index contributed by atoms with van der Waals surface area (Å²) in [4.78, 5) is 20.3. The van der Waals surface area contributed by atoms with Crippen molar-refractivity contribution in [3.8, 4) is 0 Å². The predicted octanol–water partition coefficient (Wildman–Crippen LogP) is 2.62. The van der Waals surface area contributed by atoms with Crippen LogP contribution >= 0.6 is 0 Å².